The standard InChI is InChI=1S/C14H11FN2O/c1-18-11-7-6-10-12(13(11)15)14(16)8-4-2-3-5-9(8)17-10/h2-7H,1H3,(H2,16,17). The molecule has 0 fully saturated rings. The van der Waals surface area contributed by atoms with Gasteiger partial charge in [0.2, 0.25) is 0 Å². The third kappa shape index (κ3) is 1.39. The molecule has 0 saturated carbocycles. The van der Waals surface area contributed by atoms with Gasteiger partial charge in [0.15, 0.2) is 11.6 Å². The van der Waals surface area contributed by atoms with E-state index in [1.807, 2.05) is 24.3 Å². The fourth-order valence-corrected chi connectivity index (χ4v) is 2.12. The molecule has 18 heavy (non-hydrogen) atoms. The van der Waals surface area contributed by atoms with Crippen molar-refractivity contribution in [2.24, 2.45) is 0 Å². The number of pyridine rings is 1. The van der Waals surface area contributed by atoms with Gasteiger partial charge in [-0.15, -0.1) is 0 Å². The molecule has 0 bridgehead atoms. The Kier molecular flexibility index (Phi) is 2.30. The summed E-state index contributed by atoms with van der Waals surface area (Å²) in [5, 5.41) is 1.06. The molecule has 0 aliphatic rings. The van der Waals surface area contributed by atoms with Gasteiger partial charge in [-0.25, -0.2) is 9.37 Å². The van der Waals surface area contributed by atoms with Gasteiger partial charge < -0.3 is 10.5 Å². The Balaban J connectivity index is 2.53. The Morgan fingerprint density at radius 2 is 1.89 bits per heavy atom. The molecule has 3 nitrogen and oxygen atoms in total. The van der Waals surface area contributed by atoms with Gasteiger partial charge in [-0.3, -0.25) is 0 Å². The second kappa shape index (κ2) is 3.84. The zero-order valence-electron chi connectivity index (χ0n) is 9.77. The number of methoxy groups -OCH3 is 1. The lowest BCUT2D eigenvalue weighted by molar-refractivity contribution is 0.389. The summed E-state index contributed by atoms with van der Waals surface area (Å²) in [4.78, 5) is 4.40. The van der Waals surface area contributed by atoms with Crippen molar-refractivity contribution in [1.29, 1.82) is 0 Å². The molecule has 2 aromatic carbocycles. The van der Waals surface area contributed by atoms with Crippen LogP contribution in [0.1, 0.15) is 0 Å². The van der Waals surface area contributed by atoms with Crippen molar-refractivity contribution < 1.29 is 9.13 Å². The van der Waals surface area contributed by atoms with E-state index in [2.05, 4.69) is 4.98 Å². The average Bonchev–Trinajstić information content (AvgIpc) is 2.39. The Hall–Kier alpha value is -2.36. The minimum absolute atomic E-state index is 0.172. The fraction of sp³-hybridized carbons (Fsp3) is 0.0714. The summed E-state index contributed by atoms with van der Waals surface area (Å²) >= 11 is 0. The Bertz CT molecular complexity index is 755. The van der Waals surface area contributed by atoms with Crippen LogP contribution in [0.2, 0.25) is 0 Å². The van der Waals surface area contributed by atoms with Crippen molar-refractivity contribution in [2.45, 2.75) is 0 Å². The Morgan fingerprint density at radius 1 is 1.11 bits per heavy atom. The third-order valence-corrected chi connectivity index (χ3v) is 3.01. The van der Waals surface area contributed by atoms with Gasteiger partial charge >= 0.3 is 0 Å². The number of nitrogen functional groups attached to an aromatic ring is 1. The molecule has 1 heterocycles. The summed E-state index contributed by atoms with van der Waals surface area (Å²) in [5.41, 5.74) is 7.73. The number of nitrogens with two attached hydrogens (primary N) is 1. The van der Waals surface area contributed by atoms with Crippen molar-refractivity contribution >= 4 is 27.5 Å². The zero-order valence-corrected chi connectivity index (χ0v) is 9.77. The summed E-state index contributed by atoms with van der Waals surface area (Å²) in [6, 6.07) is 10.7. The molecule has 3 aromatic rings. The number of aromatic nitrogens is 1. The average molecular weight is 242 g/mol. The van der Waals surface area contributed by atoms with E-state index in [4.69, 9.17) is 10.5 Å². The normalized spacial score (nSPS) is 11.0. The smallest absolute Gasteiger partial charge is 0.176 e. The summed E-state index contributed by atoms with van der Waals surface area (Å²) in [6.07, 6.45) is 0. The first-order valence-electron chi connectivity index (χ1n) is 5.53. The van der Waals surface area contributed by atoms with Crippen LogP contribution in [-0.4, -0.2) is 12.1 Å². The van der Waals surface area contributed by atoms with Crippen molar-refractivity contribution in [3.8, 4) is 5.75 Å². The summed E-state index contributed by atoms with van der Waals surface area (Å²) in [7, 11) is 1.43. The first-order valence-corrected chi connectivity index (χ1v) is 5.53. The van der Waals surface area contributed by atoms with Crippen LogP contribution in [-0.2, 0) is 0 Å². The molecule has 4 heteroatoms. The van der Waals surface area contributed by atoms with E-state index in [-0.39, 0.29) is 5.75 Å². The van der Waals surface area contributed by atoms with Crippen LogP contribution in [0.5, 0.6) is 5.75 Å². The van der Waals surface area contributed by atoms with E-state index < -0.39 is 5.82 Å². The van der Waals surface area contributed by atoms with Gasteiger partial charge in [-0.2, -0.15) is 0 Å². The SMILES string of the molecule is COc1ccc2nc3ccccc3c(N)c2c1F. The van der Waals surface area contributed by atoms with Gasteiger partial charge in [-0.1, -0.05) is 18.2 Å². The van der Waals surface area contributed by atoms with E-state index in [9.17, 15) is 4.39 Å². The zero-order chi connectivity index (χ0) is 12.7. The number of ether oxygens (including phenoxy) is 1. The maximum atomic E-state index is 14.2. The number of anilines is 1. The molecule has 1 aromatic heterocycles. The number of nitrogens with zero attached hydrogens (tertiary/aromatic N) is 1. The monoisotopic (exact) mass is 242 g/mol. The summed E-state index contributed by atoms with van der Waals surface area (Å²) in [5.74, 6) is -0.294. The van der Waals surface area contributed by atoms with E-state index in [1.54, 1.807) is 12.1 Å². The maximum absolute atomic E-state index is 14.2. The maximum Gasteiger partial charge on any atom is 0.176 e. The molecule has 0 radical (unpaired) electrons. The molecule has 0 aliphatic carbocycles. The van der Waals surface area contributed by atoms with Gasteiger partial charge in [0.05, 0.1) is 29.2 Å². The molecule has 2 N–H and O–H groups in total. The molecular weight excluding hydrogens is 231 g/mol. The summed E-state index contributed by atoms with van der Waals surface area (Å²) in [6.45, 7) is 0. The second-order valence-electron chi connectivity index (χ2n) is 4.02. The Labute approximate surface area is 103 Å². The first kappa shape index (κ1) is 10.8. The quantitative estimate of drug-likeness (QED) is 0.667. The Morgan fingerprint density at radius 3 is 2.67 bits per heavy atom. The van der Waals surface area contributed by atoms with Crippen molar-refractivity contribution in [3.05, 3.63) is 42.2 Å². The van der Waals surface area contributed by atoms with Crippen LogP contribution in [0.15, 0.2) is 36.4 Å². The number of hydrogen-bond acceptors (Lipinski definition) is 3. The number of rotatable bonds is 1. The summed E-state index contributed by atoms with van der Waals surface area (Å²) < 4.78 is 19.2. The third-order valence-electron chi connectivity index (χ3n) is 3.01. The lowest BCUT2D eigenvalue weighted by Crippen LogP contribution is -1.97. The molecule has 90 valence electrons. The molecule has 0 saturated heterocycles. The molecule has 3 rings (SSSR count). The first-order chi connectivity index (χ1) is 8.72. The van der Waals surface area contributed by atoms with Crippen LogP contribution in [0.3, 0.4) is 0 Å². The minimum atomic E-state index is -0.467. The van der Waals surface area contributed by atoms with Crippen LogP contribution in [0.25, 0.3) is 21.8 Å². The predicted molar refractivity (Wildman–Crippen MR) is 70.2 cm³/mol. The largest absolute Gasteiger partial charge is 0.494 e. The van der Waals surface area contributed by atoms with Gasteiger partial charge in [-0.05, 0) is 18.2 Å². The van der Waals surface area contributed by atoms with Crippen LogP contribution >= 0.6 is 0 Å². The second-order valence-corrected chi connectivity index (χ2v) is 4.02. The highest BCUT2D eigenvalue weighted by Gasteiger charge is 2.14. The lowest BCUT2D eigenvalue weighted by Gasteiger charge is -2.09. The van der Waals surface area contributed by atoms with Gasteiger partial charge in [0, 0.05) is 5.39 Å². The predicted octanol–water partition coefficient (Wildman–Crippen LogP) is 3.12. The molecule has 0 unspecified atom stereocenters. The minimum Gasteiger partial charge on any atom is -0.494 e. The highest BCUT2D eigenvalue weighted by molar-refractivity contribution is 6.06. The van der Waals surface area contributed by atoms with E-state index in [1.165, 1.54) is 7.11 Å². The highest BCUT2D eigenvalue weighted by Crippen LogP contribution is 2.33. The molecule has 0 aliphatic heterocycles. The van der Waals surface area contributed by atoms with Crippen molar-refractivity contribution in [3.63, 3.8) is 0 Å². The molecular formula is C14H11FN2O. The molecule has 0 amide bonds. The van der Waals surface area contributed by atoms with E-state index in [0.29, 0.717) is 16.6 Å². The molecule has 0 spiro atoms. The van der Waals surface area contributed by atoms with Gasteiger partial charge in [0.1, 0.15) is 0 Å². The van der Waals surface area contributed by atoms with E-state index >= 15 is 0 Å². The number of para-hydroxylation sites is 1. The van der Waals surface area contributed by atoms with Crippen molar-refractivity contribution in [1.82, 2.24) is 4.98 Å². The number of hydrogen-bond donors (Lipinski definition) is 1. The molecule has 0 atom stereocenters. The van der Waals surface area contributed by atoms with Crippen LogP contribution < -0.4 is 10.5 Å². The van der Waals surface area contributed by atoms with Gasteiger partial charge in [0.25, 0.3) is 0 Å². The number of halogens is 1. The van der Waals surface area contributed by atoms with Crippen LogP contribution in [0.4, 0.5) is 10.1 Å². The lowest BCUT2D eigenvalue weighted by atomic mass is 10.1. The van der Waals surface area contributed by atoms with Crippen LogP contribution in [0, 0.1) is 5.82 Å². The fourth-order valence-electron chi connectivity index (χ4n) is 2.12. The topological polar surface area (TPSA) is 48.1 Å². The van der Waals surface area contributed by atoms with E-state index in [0.717, 1.165) is 10.9 Å². The number of fused-ring (bicyclic) bond motifs is 2. The number of benzene rings is 2. The van der Waals surface area contributed by atoms with Crippen molar-refractivity contribution in [2.75, 3.05) is 12.8 Å². The highest BCUT2D eigenvalue weighted by atomic mass is 19.1.